The van der Waals surface area contributed by atoms with Crippen LogP contribution in [0.2, 0.25) is 0 Å². The van der Waals surface area contributed by atoms with Gasteiger partial charge >= 0.3 is 33.6 Å². The zero-order valence-electron chi connectivity index (χ0n) is 66.1. The molecular weight excluding hydrogens is 1360 g/mol. The van der Waals surface area contributed by atoms with Gasteiger partial charge in [-0.3, -0.25) is 32.5 Å². The number of phosphoric ester groups is 2. The molecule has 0 amide bonds. The average Bonchev–Trinajstić information content (AvgIpc) is 1.01. The van der Waals surface area contributed by atoms with Crippen molar-refractivity contribution < 1.29 is 75.8 Å². The molecule has 0 aliphatic carbocycles. The molecule has 0 fully saturated rings. The van der Waals surface area contributed by atoms with Gasteiger partial charge in [0.25, 0.3) is 0 Å². The van der Waals surface area contributed by atoms with Crippen molar-refractivity contribution in [1.82, 2.24) is 0 Å². The van der Waals surface area contributed by atoms with Crippen molar-refractivity contribution in [2.24, 2.45) is 0 Å². The molecule has 0 aliphatic rings. The molecule has 5 unspecified atom stereocenters. The Morgan fingerprint density at radius 3 is 0.800 bits per heavy atom. The quantitative estimate of drug-likeness (QED) is 0.0146. The summed E-state index contributed by atoms with van der Waals surface area (Å²) in [6.07, 6.45) is 96.4. The van der Waals surface area contributed by atoms with E-state index in [1.165, 1.54) is 122 Å². The van der Waals surface area contributed by atoms with Gasteiger partial charge in [-0.05, 0) is 116 Å². The molecule has 604 valence electrons. The normalized spacial score (nSPS) is 14.6. The number of hydrogen-bond donors (Lipinski definition) is 4. The smallest absolute Gasteiger partial charge is 0.463 e. The van der Waals surface area contributed by atoms with E-state index in [4.69, 9.17) is 32.3 Å². The second-order valence-corrected chi connectivity index (χ2v) is 30.4. The van der Waals surface area contributed by atoms with Gasteiger partial charge in [-0.1, -0.05) is 341 Å². The summed E-state index contributed by atoms with van der Waals surface area (Å²) in [5.41, 5.74) is 0. The molecule has 5 atom stereocenters. The third kappa shape index (κ3) is 80.5. The molecule has 0 heterocycles. The highest BCUT2D eigenvalue weighted by Gasteiger charge is 2.29. The molecule has 18 heteroatoms. The van der Waals surface area contributed by atoms with E-state index in [-0.39, 0.29) is 19.3 Å². The number of carbonyl (C=O) groups is 3. The minimum absolute atomic E-state index is 0.102. The molecule has 0 bridgehead atoms. The highest BCUT2D eigenvalue weighted by molar-refractivity contribution is 7.47. The molecule has 0 radical (unpaired) electrons. The van der Waals surface area contributed by atoms with Gasteiger partial charge in [-0.25, -0.2) is 9.13 Å². The van der Waals surface area contributed by atoms with Crippen LogP contribution in [0.25, 0.3) is 0 Å². The van der Waals surface area contributed by atoms with Gasteiger partial charge in [-0.15, -0.1) is 0 Å². The summed E-state index contributed by atoms with van der Waals surface area (Å²) >= 11 is 0. The summed E-state index contributed by atoms with van der Waals surface area (Å²) in [7, 11) is -9.80. The molecule has 0 aromatic heterocycles. The monoisotopic (exact) mass is 1510 g/mol. The van der Waals surface area contributed by atoms with E-state index in [1.54, 1.807) is 0 Å². The van der Waals surface area contributed by atoms with E-state index in [9.17, 15) is 43.5 Å². The fraction of sp³-hybridized carbons (Fsp3) is 0.713. The van der Waals surface area contributed by atoms with Crippen LogP contribution in [0, 0.1) is 0 Å². The second kappa shape index (κ2) is 79.2. The number of aliphatic hydroxyl groups is 2. The lowest BCUT2D eigenvalue weighted by Gasteiger charge is -2.21. The van der Waals surface area contributed by atoms with Crippen LogP contribution < -0.4 is 0 Å². The molecular formula is C87H150O16P2. The number of carbonyl (C=O) groups excluding carboxylic acids is 3. The Labute approximate surface area is 639 Å². The Kier molecular flexibility index (Phi) is 76.0. The topological polar surface area (TPSA) is 231 Å². The summed E-state index contributed by atoms with van der Waals surface area (Å²) in [6.45, 7) is 2.47. The van der Waals surface area contributed by atoms with Gasteiger partial charge in [0.15, 0.2) is 6.10 Å². The van der Waals surface area contributed by atoms with Crippen LogP contribution in [0.1, 0.15) is 342 Å². The Balaban J connectivity index is 4.55. The Hall–Kier alpha value is -4.31. The maximum absolute atomic E-state index is 13.0. The van der Waals surface area contributed by atoms with E-state index in [2.05, 4.69) is 154 Å². The van der Waals surface area contributed by atoms with Crippen molar-refractivity contribution in [3.63, 3.8) is 0 Å². The number of unbranched alkanes of at least 4 members (excludes halogenated alkanes) is 33. The first-order chi connectivity index (χ1) is 51.2. The second-order valence-electron chi connectivity index (χ2n) is 27.5. The third-order valence-electron chi connectivity index (χ3n) is 17.4. The zero-order chi connectivity index (χ0) is 76.6. The van der Waals surface area contributed by atoms with Gasteiger partial charge in [0.1, 0.15) is 25.4 Å². The minimum atomic E-state index is -4.94. The first kappa shape index (κ1) is 101. The number of rotatable bonds is 78. The van der Waals surface area contributed by atoms with Crippen molar-refractivity contribution in [2.45, 2.75) is 360 Å². The molecule has 0 aliphatic heterocycles. The van der Waals surface area contributed by atoms with Gasteiger partial charge in [0, 0.05) is 19.3 Å². The lowest BCUT2D eigenvalue weighted by molar-refractivity contribution is -0.161. The highest BCUT2D eigenvalue weighted by Crippen LogP contribution is 2.45. The van der Waals surface area contributed by atoms with Crippen LogP contribution >= 0.6 is 15.6 Å². The molecule has 4 N–H and O–H groups in total. The van der Waals surface area contributed by atoms with Crippen LogP contribution in [0.5, 0.6) is 0 Å². The fourth-order valence-corrected chi connectivity index (χ4v) is 12.7. The molecule has 105 heavy (non-hydrogen) atoms. The predicted molar refractivity (Wildman–Crippen MR) is 436 cm³/mol. The first-order valence-electron chi connectivity index (χ1n) is 41.5. The van der Waals surface area contributed by atoms with E-state index >= 15 is 0 Å². The maximum Gasteiger partial charge on any atom is 0.472 e. The van der Waals surface area contributed by atoms with E-state index in [0.29, 0.717) is 19.3 Å². The molecule has 16 nitrogen and oxygen atoms in total. The van der Waals surface area contributed by atoms with Gasteiger partial charge < -0.3 is 34.2 Å². The largest absolute Gasteiger partial charge is 0.472 e. The number of aliphatic hydroxyl groups excluding tert-OH is 2. The van der Waals surface area contributed by atoms with Crippen LogP contribution in [-0.4, -0.2) is 95.9 Å². The number of allylic oxidation sites excluding steroid dienone is 22. The molecule has 0 saturated heterocycles. The van der Waals surface area contributed by atoms with Crippen LogP contribution in [-0.2, 0) is 55.8 Å². The van der Waals surface area contributed by atoms with Crippen molar-refractivity contribution >= 4 is 33.6 Å². The molecule has 0 saturated carbocycles. The predicted octanol–water partition coefficient (Wildman–Crippen LogP) is 24.7. The summed E-state index contributed by atoms with van der Waals surface area (Å²) < 4.78 is 61.2. The van der Waals surface area contributed by atoms with E-state index in [0.717, 1.165) is 161 Å². The van der Waals surface area contributed by atoms with Crippen molar-refractivity contribution in [3.05, 3.63) is 134 Å². The highest BCUT2D eigenvalue weighted by atomic mass is 31.2. The van der Waals surface area contributed by atoms with Crippen molar-refractivity contribution in [1.29, 1.82) is 0 Å². The maximum atomic E-state index is 13.0. The zero-order valence-corrected chi connectivity index (χ0v) is 67.9. The Morgan fingerprint density at radius 1 is 0.276 bits per heavy atom. The van der Waals surface area contributed by atoms with Gasteiger partial charge in [-0.2, -0.15) is 0 Å². The van der Waals surface area contributed by atoms with Crippen LogP contribution in [0.15, 0.2) is 134 Å². The Bertz CT molecular complexity index is 2440. The van der Waals surface area contributed by atoms with E-state index in [1.807, 2.05) is 0 Å². The van der Waals surface area contributed by atoms with Crippen LogP contribution in [0.3, 0.4) is 0 Å². The number of ether oxygens (including phenoxy) is 3. The molecule has 0 spiro atoms. The number of phosphoric acid groups is 2. The SMILES string of the molecule is CC/C=C\C/C=C\C/C=C\C/C=C\C/C=C\C/C=C\CCCCCCCCC(=O)OCC(COP(=O)(O)OCC(O)COP(=O)(O)OCC(O)COC(=O)CCCCCCCCCCCCCCC/C=C\C/C=C\C/C=C\C/C=C\C/C=C\CC)OC(=O)CCCCCCCCCCCCCCCCC. The van der Waals surface area contributed by atoms with Gasteiger partial charge in [0.05, 0.1) is 26.4 Å². The number of esters is 3. The van der Waals surface area contributed by atoms with E-state index < -0.39 is 91.5 Å². The molecule has 0 aromatic rings. The summed E-state index contributed by atoms with van der Waals surface area (Å²) in [5, 5.41) is 20.7. The average molecular weight is 1510 g/mol. The summed E-state index contributed by atoms with van der Waals surface area (Å²) in [5.74, 6) is -1.58. The minimum Gasteiger partial charge on any atom is -0.463 e. The summed E-state index contributed by atoms with van der Waals surface area (Å²) in [4.78, 5) is 58.7. The standard InChI is InChI=1S/C87H150O16P2/c1-4-7-10-13-16-19-22-25-28-30-32-34-36-38-39-40-41-43-45-46-48-50-53-55-58-61-64-67-70-73-85(90)97-76-82(88)77-99-104(93,94)100-78-83(89)79-101-105(95,96)102-81-84(103-87(92)75-72-69-66-63-60-57-52-27-24-21-18-15-12-9-6-3)80-98-86(91)74-71-68-65-62-59-56-54-51-49-47-44-42-37-35-33-31-29-26-23-20-17-14-11-8-5-2/h7-8,10-11,16-17,19-20,25-26,28-29,32-35,38-39,42,44,49,51,82-84,88-89H,4-6,9,12-15,18,21-24,27,30-31,36-37,40-41,43,45-48,50,52-81H2,1-3H3,(H,93,94)(H,95,96)/b10-7-,11-8-,19-16-,20-17-,28-25-,29-26-,34-32-,35-33-,39-38-,44-42-,51-49-. The number of hydrogen-bond acceptors (Lipinski definition) is 14. The summed E-state index contributed by atoms with van der Waals surface area (Å²) in [6, 6.07) is 0. The molecule has 0 aromatic carbocycles. The first-order valence-corrected chi connectivity index (χ1v) is 44.5. The molecule has 0 rings (SSSR count). The van der Waals surface area contributed by atoms with Crippen LogP contribution in [0.4, 0.5) is 0 Å². The lowest BCUT2D eigenvalue weighted by Crippen LogP contribution is -2.30. The fourth-order valence-electron chi connectivity index (χ4n) is 11.1. The Morgan fingerprint density at radius 2 is 0.505 bits per heavy atom. The lowest BCUT2D eigenvalue weighted by atomic mass is 10.0. The van der Waals surface area contributed by atoms with Gasteiger partial charge in [0.2, 0.25) is 0 Å². The van der Waals surface area contributed by atoms with Crippen molar-refractivity contribution in [2.75, 3.05) is 39.6 Å². The van der Waals surface area contributed by atoms with Crippen molar-refractivity contribution in [3.8, 4) is 0 Å². The third-order valence-corrected chi connectivity index (χ3v) is 19.3.